The number of aliphatic carboxylic acids is 1. The molecule has 0 aromatic rings. The van der Waals surface area contributed by atoms with Gasteiger partial charge in [0.1, 0.15) is 12.3 Å². The summed E-state index contributed by atoms with van der Waals surface area (Å²) >= 11 is 3.95. The normalized spacial score (nSPS) is 14.7. The molecule has 0 fully saturated rings. The number of hydrogen-bond acceptors (Lipinski definition) is 6. The molecule has 9 heteroatoms. The van der Waals surface area contributed by atoms with Crippen molar-refractivity contribution in [3.8, 4) is 0 Å². The van der Waals surface area contributed by atoms with Crippen LogP contribution in [0.25, 0.3) is 0 Å². The molecular formula is C14H25N3O5S. The number of rotatable bonds is 11. The molecular weight excluding hydrogens is 322 g/mol. The van der Waals surface area contributed by atoms with Gasteiger partial charge in [-0.2, -0.15) is 12.6 Å². The SMILES string of the molecule is CC(C)C[C@H](NC(=O)[C@@H](N)CCC(=O)O)C(=O)N[C@H](C=O)CS. The van der Waals surface area contributed by atoms with E-state index >= 15 is 0 Å². The summed E-state index contributed by atoms with van der Waals surface area (Å²) in [5, 5.41) is 13.6. The van der Waals surface area contributed by atoms with E-state index in [0.29, 0.717) is 12.7 Å². The highest BCUT2D eigenvalue weighted by Gasteiger charge is 2.26. The van der Waals surface area contributed by atoms with E-state index < -0.39 is 35.9 Å². The van der Waals surface area contributed by atoms with Gasteiger partial charge >= 0.3 is 5.97 Å². The van der Waals surface area contributed by atoms with Gasteiger partial charge in [-0.15, -0.1) is 0 Å². The highest BCUT2D eigenvalue weighted by Crippen LogP contribution is 2.06. The van der Waals surface area contributed by atoms with Gasteiger partial charge < -0.3 is 26.3 Å². The standard InChI is InChI=1S/C14H25N3O5S/c1-8(2)5-11(14(22)16-9(6-18)7-23)17-13(21)10(15)3-4-12(19)20/h6,8-11,23H,3-5,7,15H2,1-2H3,(H,16,22)(H,17,21)(H,19,20)/t9-,10+,11+/m1/s1. The second-order valence-corrected chi connectivity index (χ2v) is 6.03. The number of thiol groups is 1. The summed E-state index contributed by atoms with van der Waals surface area (Å²) in [6.07, 6.45) is 0.673. The first-order valence-corrected chi connectivity index (χ1v) is 7.98. The van der Waals surface area contributed by atoms with Crippen LogP contribution in [0.3, 0.4) is 0 Å². The molecule has 5 N–H and O–H groups in total. The molecule has 0 aliphatic heterocycles. The van der Waals surface area contributed by atoms with Crippen molar-refractivity contribution in [2.75, 3.05) is 5.75 Å². The number of nitrogens with one attached hydrogen (secondary N) is 2. The van der Waals surface area contributed by atoms with Crippen molar-refractivity contribution in [1.29, 1.82) is 0 Å². The predicted molar refractivity (Wildman–Crippen MR) is 88.1 cm³/mol. The third kappa shape index (κ3) is 9.19. The lowest BCUT2D eigenvalue weighted by molar-refractivity contribution is -0.137. The zero-order valence-corrected chi connectivity index (χ0v) is 14.2. The van der Waals surface area contributed by atoms with E-state index in [9.17, 15) is 19.2 Å². The van der Waals surface area contributed by atoms with Crippen molar-refractivity contribution in [3.63, 3.8) is 0 Å². The molecule has 0 aliphatic rings. The third-order valence-corrected chi connectivity index (χ3v) is 3.43. The smallest absolute Gasteiger partial charge is 0.303 e. The number of carbonyl (C=O) groups is 4. The lowest BCUT2D eigenvalue weighted by Gasteiger charge is -2.23. The van der Waals surface area contributed by atoms with Crippen molar-refractivity contribution in [1.82, 2.24) is 10.6 Å². The van der Waals surface area contributed by atoms with Gasteiger partial charge in [0.2, 0.25) is 11.8 Å². The van der Waals surface area contributed by atoms with Crippen LogP contribution in [0.2, 0.25) is 0 Å². The highest BCUT2D eigenvalue weighted by molar-refractivity contribution is 7.80. The minimum absolute atomic E-state index is 0.0230. The zero-order valence-electron chi connectivity index (χ0n) is 13.3. The van der Waals surface area contributed by atoms with Crippen LogP contribution in [-0.2, 0) is 19.2 Å². The van der Waals surface area contributed by atoms with Gasteiger partial charge in [0.15, 0.2) is 0 Å². The number of carboxylic acids is 1. The second kappa shape index (κ2) is 11.0. The van der Waals surface area contributed by atoms with Crippen molar-refractivity contribution < 1.29 is 24.3 Å². The first-order chi connectivity index (χ1) is 10.7. The van der Waals surface area contributed by atoms with Crippen LogP contribution in [-0.4, -0.2) is 53.1 Å². The van der Waals surface area contributed by atoms with E-state index in [0.717, 1.165) is 0 Å². The van der Waals surface area contributed by atoms with Crippen molar-refractivity contribution in [3.05, 3.63) is 0 Å². The van der Waals surface area contributed by atoms with Crippen LogP contribution < -0.4 is 16.4 Å². The Morgan fingerprint density at radius 3 is 2.26 bits per heavy atom. The maximum atomic E-state index is 12.2. The predicted octanol–water partition coefficient (Wildman–Crippen LogP) is -0.677. The van der Waals surface area contributed by atoms with Crippen LogP contribution in [0, 0.1) is 5.92 Å². The Morgan fingerprint density at radius 2 is 1.83 bits per heavy atom. The number of amides is 2. The quantitative estimate of drug-likeness (QED) is 0.248. The first-order valence-electron chi connectivity index (χ1n) is 7.35. The fourth-order valence-corrected chi connectivity index (χ4v) is 1.98. The van der Waals surface area contributed by atoms with Crippen molar-refractivity contribution in [2.24, 2.45) is 11.7 Å². The van der Waals surface area contributed by atoms with Gasteiger partial charge in [-0.25, -0.2) is 0 Å². The van der Waals surface area contributed by atoms with E-state index in [2.05, 4.69) is 23.3 Å². The summed E-state index contributed by atoms with van der Waals surface area (Å²) in [4.78, 5) is 45.4. The van der Waals surface area contributed by atoms with Gasteiger partial charge in [-0.05, 0) is 18.8 Å². The summed E-state index contributed by atoms with van der Waals surface area (Å²) in [6, 6.07) is -2.60. The lowest BCUT2D eigenvalue weighted by atomic mass is 10.0. The maximum absolute atomic E-state index is 12.2. The summed E-state index contributed by atoms with van der Waals surface area (Å²) < 4.78 is 0. The molecule has 0 saturated heterocycles. The Hall–Kier alpha value is -1.61. The average molecular weight is 347 g/mol. The van der Waals surface area contributed by atoms with Crippen LogP contribution in [0.15, 0.2) is 0 Å². The second-order valence-electron chi connectivity index (χ2n) is 5.66. The Morgan fingerprint density at radius 1 is 1.22 bits per heavy atom. The Kier molecular flexibility index (Phi) is 10.2. The summed E-state index contributed by atoms with van der Waals surface area (Å²) in [6.45, 7) is 3.76. The third-order valence-electron chi connectivity index (χ3n) is 3.03. The number of nitrogens with two attached hydrogens (primary N) is 1. The topological polar surface area (TPSA) is 139 Å². The molecule has 0 rings (SSSR count). The fraction of sp³-hybridized carbons (Fsp3) is 0.714. The van der Waals surface area contributed by atoms with Gasteiger partial charge in [0, 0.05) is 12.2 Å². The van der Waals surface area contributed by atoms with Crippen LogP contribution in [0.4, 0.5) is 0 Å². The lowest BCUT2D eigenvalue weighted by Crippen LogP contribution is -2.54. The molecule has 0 unspecified atom stereocenters. The molecule has 132 valence electrons. The Balaban J connectivity index is 4.76. The first kappa shape index (κ1) is 21.4. The molecule has 0 spiro atoms. The van der Waals surface area contributed by atoms with E-state index in [1.807, 2.05) is 13.8 Å². The Bertz CT molecular complexity index is 431. The molecule has 0 saturated carbocycles. The molecule has 8 nitrogen and oxygen atoms in total. The molecule has 0 radical (unpaired) electrons. The Labute approximate surface area is 141 Å². The number of aldehydes is 1. The van der Waals surface area contributed by atoms with Gasteiger partial charge in [0.05, 0.1) is 12.1 Å². The van der Waals surface area contributed by atoms with Gasteiger partial charge in [0.25, 0.3) is 0 Å². The molecule has 3 atom stereocenters. The summed E-state index contributed by atoms with van der Waals surface area (Å²) in [7, 11) is 0. The van der Waals surface area contributed by atoms with E-state index in [-0.39, 0.29) is 24.5 Å². The largest absolute Gasteiger partial charge is 0.481 e. The molecule has 0 bridgehead atoms. The molecule has 0 aromatic heterocycles. The maximum Gasteiger partial charge on any atom is 0.303 e. The van der Waals surface area contributed by atoms with E-state index in [1.165, 1.54) is 0 Å². The zero-order chi connectivity index (χ0) is 18.0. The minimum Gasteiger partial charge on any atom is -0.481 e. The summed E-state index contributed by atoms with van der Waals surface area (Å²) in [5.41, 5.74) is 5.62. The van der Waals surface area contributed by atoms with Crippen LogP contribution in [0.5, 0.6) is 0 Å². The molecule has 0 heterocycles. The van der Waals surface area contributed by atoms with Gasteiger partial charge in [-0.1, -0.05) is 13.8 Å². The number of carbonyl (C=O) groups excluding carboxylic acids is 3. The van der Waals surface area contributed by atoms with Crippen LogP contribution >= 0.6 is 12.6 Å². The molecule has 0 aliphatic carbocycles. The van der Waals surface area contributed by atoms with E-state index in [4.69, 9.17) is 10.8 Å². The monoisotopic (exact) mass is 347 g/mol. The molecule has 2 amide bonds. The number of carboxylic acid groups (broad SMARTS) is 1. The van der Waals surface area contributed by atoms with Crippen molar-refractivity contribution >= 4 is 36.7 Å². The average Bonchev–Trinajstić information content (AvgIpc) is 2.48. The highest BCUT2D eigenvalue weighted by atomic mass is 32.1. The van der Waals surface area contributed by atoms with E-state index in [1.54, 1.807) is 0 Å². The van der Waals surface area contributed by atoms with Gasteiger partial charge in [-0.3, -0.25) is 14.4 Å². The van der Waals surface area contributed by atoms with Crippen molar-refractivity contribution in [2.45, 2.75) is 51.2 Å². The minimum atomic E-state index is -1.05. The molecule has 23 heavy (non-hydrogen) atoms. The number of hydrogen-bond donors (Lipinski definition) is 5. The fourth-order valence-electron chi connectivity index (χ4n) is 1.80. The van der Waals surface area contributed by atoms with Crippen LogP contribution in [0.1, 0.15) is 33.1 Å². The molecule has 0 aromatic carbocycles. The summed E-state index contributed by atoms with van der Waals surface area (Å²) in [5.74, 6) is -1.88.